The van der Waals surface area contributed by atoms with Crippen LogP contribution in [-0.4, -0.2) is 34.9 Å². The maximum absolute atomic E-state index is 12.2. The lowest BCUT2D eigenvalue weighted by Gasteiger charge is -2.19. The zero-order chi connectivity index (χ0) is 27.2. The zero-order valence-corrected chi connectivity index (χ0v) is 23.7. The smallest absolute Gasteiger partial charge is 0.220 e. The number of amides is 1. The topological polar surface area (TPSA) is 69.6 Å². The van der Waals surface area contributed by atoms with Crippen LogP contribution in [0.2, 0.25) is 0 Å². The molecule has 0 spiro atoms. The monoisotopic (exact) mass is 513 g/mol. The van der Waals surface area contributed by atoms with Gasteiger partial charge in [0.25, 0.3) is 0 Å². The lowest BCUT2D eigenvalue weighted by Crippen LogP contribution is -2.45. The van der Waals surface area contributed by atoms with Crippen molar-refractivity contribution in [3.8, 4) is 0 Å². The second-order valence-corrected chi connectivity index (χ2v) is 9.43. The van der Waals surface area contributed by atoms with E-state index >= 15 is 0 Å². The Kier molecular flexibility index (Phi) is 26.7. The van der Waals surface area contributed by atoms with E-state index in [1.165, 1.54) is 32.1 Å². The van der Waals surface area contributed by atoms with Gasteiger partial charge in [0.1, 0.15) is 0 Å². The van der Waals surface area contributed by atoms with Crippen molar-refractivity contribution in [1.29, 1.82) is 0 Å². The average Bonchev–Trinajstić information content (AvgIpc) is 2.90. The summed E-state index contributed by atoms with van der Waals surface area (Å²) in [5, 5.41) is 22.6. The maximum Gasteiger partial charge on any atom is 0.220 e. The fourth-order valence-electron chi connectivity index (χ4n) is 3.68. The van der Waals surface area contributed by atoms with Crippen molar-refractivity contribution in [2.75, 3.05) is 6.61 Å². The Balaban J connectivity index is 3.86. The van der Waals surface area contributed by atoms with Gasteiger partial charge in [-0.15, -0.1) is 0 Å². The Morgan fingerprint density at radius 1 is 0.676 bits per heavy atom. The molecule has 37 heavy (non-hydrogen) atoms. The summed E-state index contributed by atoms with van der Waals surface area (Å²) < 4.78 is 0. The molecule has 4 nitrogen and oxygen atoms in total. The van der Waals surface area contributed by atoms with E-state index in [-0.39, 0.29) is 12.5 Å². The highest BCUT2D eigenvalue weighted by Crippen LogP contribution is 2.08. The molecule has 0 aromatic carbocycles. The molecule has 2 unspecified atom stereocenters. The number of allylic oxidation sites excluding steroid dienone is 11. The van der Waals surface area contributed by atoms with Gasteiger partial charge in [0.2, 0.25) is 5.91 Å². The largest absolute Gasteiger partial charge is 0.394 e. The van der Waals surface area contributed by atoms with E-state index in [4.69, 9.17) is 0 Å². The second kappa shape index (κ2) is 28.4. The van der Waals surface area contributed by atoms with Crippen LogP contribution < -0.4 is 5.32 Å². The highest BCUT2D eigenvalue weighted by atomic mass is 16.3. The molecule has 1 amide bonds. The van der Waals surface area contributed by atoms with Crippen LogP contribution in [0.3, 0.4) is 0 Å². The molecule has 0 aliphatic rings. The molecule has 0 fully saturated rings. The Morgan fingerprint density at radius 2 is 1.19 bits per heavy atom. The predicted octanol–water partition coefficient (Wildman–Crippen LogP) is 8.05. The molecular formula is C33H55NO3. The normalized spacial score (nSPS) is 14.4. The van der Waals surface area contributed by atoms with Crippen molar-refractivity contribution < 1.29 is 15.0 Å². The van der Waals surface area contributed by atoms with E-state index in [0.717, 1.165) is 57.8 Å². The molecule has 4 heteroatoms. The first kappa shape index (κ1) is 34.8. The van der Waals surface area contributed by atoms with Gasteiger partial charge in [-0.2, -0.15) is 0 Å². The van der Waals surface area contributed by atoms with Gasteiger partial charge < -0.3 is 15.5 Å². The molecule has 2 atom stereocenters. The van der Waals surface area contributed by atoms with Crippen LogP contribution in [-0.2, 0) is 4.79 Å². The first-order valence-electron chi connectivity index (χ1n) is 14.7. The number of hydrogen-bond acceptors (Lipinski definition) is 3. The number of hydrogen-bond donors (Lipinski definition) is 3. The van der Waals surface area contributed by atoms with E-state index < -0.39 is 12.1 Å². The van der Waals surface area contributed by atoms with E-state index in [1.54, 1.807) is 6.08 Å². The van der Waals surface area contributed by atoms with Crippen LogP contribution in [0.4, 0.5) is 0 Å². The molecule has 0 aliphatic carbocycles. The Morgan fingerprint density at radius 3 is 1.76 bits per heavy atom. The summed E-state index contributed by atoms with van der Waals surface area (Å²) in [7, 11) is 0. The molecular weight excluding hydrogens is 458 g/mol. The number of carbonyl (C=O) groups is 1. The summed E-state index contributed by atoms with van der Waals surface area (Å²) >= 11 is 0. The SMILES string of the molecule is CC/C=C\C/C=C\C/C=C\C/C=C\C/C=C\CCCC(=O)NC(CO)C(O)/C=C/CCCCCCCC. The molecule has 3 N–H and O–H groups in total. The van der Waals surface area contributed by atoms with Crippen LogP contribution >= 0.6 is 0 Å². The number of aliphatic hydroxyl groups is 2. The molecule has 0 aromatic heterocycles. The van der Waals surface area contributed by atoms with Gasteiger partial charge in [-0.25, -0.2) is 0 Å². The average molecular weight is 514 g/mol. The molecule has 0 saturated carbocycles. The summed E-state index contributed by atoms with van der Waals surface area (Å²) in [6.07, 6.45) is 39.8. The van der Waals surface area contributed by atoms with Gasteiger partial charge >= 0.3 is 0 Å². The van der Waals surface area contributed by atoms with Crippen molar-refractivity contribution in [2.45, 2.75) is 122 Å². The number of aliphatic hydroxyl groups excluding tert-OH is 2. The van der Waals surface area contributed by atoms with Gasteiger partial charge in [-0.3, -0.25) is 4.79 Å². The van der Waals surface area contributed by atoms with Crippen molar-refractivity contribution in [3.05, 3.63) is 72.9 Å². The summed E-state index contributed by atoms with van der Waals surface area (Å²) in [6, 6.07) is -0.651. The lowest BCUT2D eigenvalue weighted by atomic mass is 10.1. The maximum atomic E-state index is 12.2. The molecule has 0 saturated heterocycles. The molecule has 0 rings (SSSR count). The predicted molar refractivity (Wildman–Crippen MR) is 160 cm³/mol. The quantitative estimate of drug-likeness (QED) is 0.0903. The number of carbonyl (C=O) groups excluding carboxylic acids is 1. The Hall–Kier alpha value is -2.17. The van der Waals surface area contributed by atoms with Crippen LogP contribution in [0.1, 0.15) is 110 Å². The molecule has 0 bridgehead atoms. The van der Waals surface area contributed by atoms with Crippen molar-refractivity contribution in [1.82, 2.24) is 5.32 Å². The standard InChI is InChI=1S/C33H55NO3/c1-3-5-7-9-11-13-14-15-16-17-18-19-20-21-23-25-27-29-33(37)34-31(30-35)32(36)28-26-24-22-12-10-8-6-4-2/h5,7,11,13,15-16,18-19,21,23,26,28,31-32,35-36H,3-4,6,8-10,12,14,17,20,22,24-25,27,29-30H2,1-2H3,(H,34,37)/b7-5-,13-11-,16-15-,19-18-,23-21-,28-26+. The third-order valence-electron chi connectivity index (χ3n) is 5.95. The summed E-state index contributed by atoms with van der Waals surface area (Å²) in [4.78, 5) is 12.2. The summed E-state index contributed by atoms with van der Waals surface area (Å²) in [6.45, 7) is 4.09. The zero-order valence-electron chi connectivity index (χ0n) is 23.7. The molecule has 210 valence electrons. The van der Waals surface area contributed by atoms with Crippen LogP contribution in [0.25, 0.3) is 0 Å². The molecule has 0 aliphatic heterocycles. The van der Waals surface area contributed by atoms with Crippen molar-refractivity contribution >= 4 is 5.91 Å². The van der Waals surface area contributed by atoms with Crippen LogP contribution in [0.5, 0.6) is 0 Å². The minimum atomic E-state index is -0.861. The second-order valence-electron chi connectivity index (χ2n) is 9.43. The minimum absolute atomic E-state index is 0.130. The highest BCUT2D eigenvalue weighted by molar-refractivity contribution is 5.76. The van der Waals surface area contributed by atoms with Gasteiger partial charge in [-0.1, -0.05) is 119 Å². The van der Waals surface area contributed by atoms with E-state index in [1.807, 2.05) is 6.08 Å². The fraction of sp³-hybridized carbons (Fsp3) is 0.606. The van der Waals surface area contributed by atoms with E-state index in [0.29, 0.717) is 6.42 Å². The van der Waals surface area contributed by atoms with Gasteiger partial charge in [0, 0.05) is 6.42 Å². The van der Waals surface area contributed by atoms with Crippen LogP contribution in [0.15, 0.2) is 72.9 Å². The number of unbranched alkanes of at least 4 members (excludes halogenated alkanes) is 7. The lowest BCUT2D eigenvalue weighted by molar-refractivity contribution is -0.122. The van der Waals surface area contributed by atoms with E-state index in [2.05, 4.69) is 79.9 Å². The number of rotatable bonds is 24. The fourth-order valence-corrected chi connectivity index (χ4v) is 3.68. The first-order valence-corrected chi connectivity index (χ1v) is 14.7. The van der Waals surface area contributed by atoms with Crippen molar-refractivity contribution in [2.24, 2.45) is 0 Å². The van der Waals surface area contributed by atoms with Crippen LogP contribution in [0, 0.1) is 0 Å². The Labute approximate surface area is 228 Å². The summed E-state index contributed by atoms with van der Waals surface area (Å²) in [5.41, 5.74) is 0. The van der Waals surface area contributed by atoms with Crippen molar-refractivity contribution in [3.63, 3.8) is 0 Å². The first-order chi connectivity index (χ1) is 18.2. The third kappa shape index (κ3) is 25.3. The number of nitrogens with one attached hydrogen (secondary N) is 1. The molecule has 0 aromatic rings. The minimum Gasteiger partial charge on any atom is -0.394 e. The van der Waals surface area contributed by atoms with Gasteiger partial charge in [-0.05, 0) is 57.8 Å². The van der Waals surface area contributed by atoms with Gasteiger partial charge in [0.15, 0.2) is 0 Å². The Bertz CT molecular complexity index is 688. The summed E-state index contributed by atoms with van der Waals surface area (Å²) in [5.74, 6) is -0.130. The highest BCUT2D eigenvalue weighted by Gasteiger charge is 2.17. The molecule has 0 heterocycles. The molecule has 0 radical (unpaired) electrons. The van der Waals surface area contributed by atoms with E-state index in [9.17, 15) is 15.0 Å². The van der Waals surface area contributed by atoms with Gasteiger partial charge in [0.05, 0.1) is 18.8 Å². The third-order valence-corrected chi connectivity index (χ3v) is 5.95.